The van der Waals surface area contributed by atoms with Crippen LogP contribution in [0, 0.1) is 6.92 Å². The first kappa shape index (κ1) is 17.7. The number of carboxylic acids is 1. The number of carboxylic acid groups (broad SMARTS) is 1. The molecule has 1 heterocycles. The number of hydrogen-bond acceptors (Lipinski definition) is 5. The lowest BCUT2D eigenvalue weighted by Crippen LogP contribution is -2.25. The van der Waals surface area contributed by atoms with Gasteiger partial charge in [-0.15, -0.1) is 0 Å². The van der Waals surface area contributed by atoms with Crippen molar-refractivity contribution in [2.24, 2.45) is 0 Å². The van der Waals surface area contributed by atoms with Crippen molar-refractivity contribution in [1.82, 2.24) is 4.72 Å². The maximum atomic E-state index is 12.0. The van der Waals surface area contributed by atoms with E-state index in [4.69, 9.17) is 14.3 Å². The molecule has 21 heavy (non-hydrogen) atoms. The van der Waals surface area contributed by atoms with E-state index in [0.717, 1.165) is 12.5 Å². The summed E-state index contributed by atoms with van der Waals surface area (Å²) in [5.41, 5.74) is 0. The predicted octanol–water partition coefficient (Wildman–Crippen LogP) is 1.77. The molecule has 0 fully saturated rings. The number of sulfonamides is 1. The minimum atomic E-state index is -3.76. The van der Waals surface area contributed by atoms with Crippen molar-refractivity contribution < 1.29 is 27.5 Å². The smallest absolute Gasteiger partial charge is 0.371 e. The van der Waals surface area contributed by atoms with Crippen molar-refractivity contribution in [3.63, 3.8) is 0 Å². The third kappa shape index (κ3) is 5.49. The van der Waals surface area contributed by atoms with E-state index >= 15 is 0 Å². The molecule has 0 aliphatic rings. The number of nitrogens with one attached hydrogen (secondary N) is 1. The van der Waals surface area contributed by atoms with Gasteiger partial charge in [0.05, 0.1) is 6.10 Å². The van der Waals surface area contributed by atoms with Crippen LogP contribution in [0.1, 0.15) is 43.0 Å². The van der Waals surface area contributed by atoms with Gasteiger partial charge in [0.2, 0.25) is 15.8 Å². The molecule has 0 aliphatic carbocycles. The minimum Gasteiger partial charge on any atom is -0.475 e. The van der Waals surface area contributed by atoms with Crippen molar-refractivity contribution in [2.75, 3.05) is 13.2 Å². The van der Waals surface area contributed by atoms with Crippen LogP contribution in [0.4, 0.5) is 0 Å². The first-order chi connectivity index (χ1) is 9.74. The van der Waals surface area contributed by atoms with E-state index in [9.17, 15) is 13.2 Å². The van der Waals surface area contributed by atoms with Gasteiger partial charge in [-0.3, -0.25) is 0 Å². The summed E-state index contributed by atoms with van der Waals surface area (Å²) in [7, 11) is -3.76. The molecule has 0 atom stereocenters. The third-order valence-corrected chi connectivity index (χ3v) is 4.26. The topological polar surface area (TPSA) is 106 Å². The second-order valence-corrected chi connectivity index (χ2v) is 6.60. The summed E-state index contributed by atoms with van der Waals surface area (Å²) in [6.07, 6.45) is 1.53. The van der Waals surface area contributed by atoms with E-state index in [1.54, 1.807) is 0 Å². The van der Waals surface area contributed by atoms with Gasteiger partial charge in [0.25, 0.3) is 0 Å². The molecule has 1 aromatic rings. The number of hydrogen-bond donors (Lipinski definition) is 2. The largest absolute Gasteiger partial charge is 0.475 e. The highest BCUT2D eigenvalue weighted by Gasteiger charge is 2.23. The molecule has 0 saturated carbocycles. The number of carbonyl (C=O) groups is 1. The Hall–Kier alpha value is -1.38. The number of rotatable bonds is 9. The third-order valence-electron chi connectivity index (χ3n) is 2.69. The van der Waals surface area contributed by atoms with E-state index in [1.165, 1.54) is 6.92 Å². The van der Waals surface area contributed by atoms with Crippen LogP contribution in [0.25, 0.3) is 0 Å². The standard InChI is InChI=1S/C13H21NO6S/c1-9(2)19-7-5-4-6-14-21(17,18)12-8-11(13(15)16)20-10(12)3/h8-9,14H,4-7H2,1-3H3,(H,15,16). The van der Waals surface area contributed by atoms with Crippen LogP contribution in [-0.2, 0) is 14.8 Å². The Morgan fingerprint density at radius 2 is 2.10 bits per heavy atom. The first-order valence-corrected chi connectivity index (χ1v) is 8.17. The van der Waals surface area contributed by atoms with Crippen molar-refractivity contribution in [2.45, 2.75) is 44.6 Å². The highest BCUT2D eigenvalue weighted by molar-refractivity contribution is 7.89. The summed E-state index contributed by atoms with van der Waals surface area (Å²) >= 11 is 0. The van der Waals surface area contributed by atoms with E-state index in [2.05, 4.69) is 4.72 Å². The molecule has 1 rings (SSSR count). The van der Waals surface area contributed by atoms with Gasteiger partial charge in [-0.25, -0.2) is 17.9 Å². The second-order valence-electron chi connectivity index (χ2n) is 4.86. The Labute approximate surface area is 124 Å². The predicted molar refractivity (Wildman–Crippen MR) is 75.9 cm³/mol. The van der Waals surface area contributed by atoms with Gasteiger partial charge in [0, 0.05) is 19.2 Å². The fraction of sp³-hybridized carbons (Fsp3) is 0.615. The maximum absolute atomic E-state index is 12.0. The first-order valence-electron chi connectivity index (χ1n) is 6.69. The van der Waals surface area contributed by atoms with Crippen LogP contribution in [0.15, 0.2) is 15.4 Å². The number of aromatic carboxylic acids is 1. The fourth-order valence-corrected chi connectivity index (χ4v) is 2.92. The molecule has 0 spiro atoms. The zero-order valence-electron chi connectivity index (χ0n) is 12.4. The summed E-state index contributed by atoms with van der Waals surface area (Å²) in [5.74, 6) is -1.63. The molecule has 120 valence electrons. The van der Waals surface area contributed by atoms with Crippen molar-refractivity contribution in [3.8, 4) is 0 Å². The lowest BCUT2D eigenvalue weighted by atomic mass is 10.3. The van der Waals surface area contributed by atoms with Gasteiger partial charge in [0.15, 0.2) is 0 Å². The molecular formula is C13H21NO6S. The van der Waals surface area contributed by atoms with Gasteiger partial charge in [0.1, 0.15) is 10.7 Å². The monoisotopic (exact) mass is 319 g/mol. The second kappa shape index (κ2) is 7.58. The van der Waals surface area contributed by atoms with E-state index in [0.29, 0.717) is 13.0 Å². The minimum absolute atomic E-state index is 0.0584. The number of ether oxygens (including phenoxy) is 1. The molecule has 2 N–H and O–H groups in total. The molecule has 0 bridgehead atoms. The molecule has 0 radical (unpaired) electrons. The van der Waals surface area contributed by atoms with E-state index < -0.39 is 21.8 Å². The van der Waals surface area contributed by atoms with Gasteiger partial charge >= 0.3 is 5.97 Å². The molecule has 0 aliphatic heterocycles. The Bertz CT molecular complexity index is 575. The van der Waals surface area contributed by atoms with Gasteiger partial charge in [-0.1, -0.05) is 0 Å². The Morgan fingerprint density at radius 1 is 1.43 bits per heavy atom. The highest BCUT2D eigenvalue weighted by atomic mass is 32.2. The molecular weight excluding hydrogens is 298 g/mol. The Balaban J connectivity index is 2.52. The summed E-state index contributed by atoms with van der Waals surface area (Å²) in [5, 5.41) is 8.78. The number of furan rings is 1. The molecule has 0 amide bonds. The van der Waals surface area contributed by atoms with E-state index in [-0.39, 0.29) is 23.3 Å². The molecule has 0 saturated heterocycles. The molecule has 7 nitrogen and oxygen atoms in total. The van der Waals surface area contributed by atoms with Crippen molar-refractivity contribution in [1.29, 1.82) is 0 Å². The summed E-state index contributed by atoms with van der Waals surface area (Å²) < 4.78 is 36.7. The summed E-state index contributed by atoms with van der Waals surface area (Å²) in [6, 6.07) is 1.02. The van der Waals surface area contributed by atoms with Crippen LogP contribution < -0.4 is 4.72 Å². The van der Waals surface area contributed by atoms with Crippen LogP contribution in [0.5, 0.6) is 0 Å². The van der Waals surface area contributed by atoms with Gasteiger partial charge < -0.3 is 14.3 Å². The fourth-order valence-electron chi connectivity index (χ4n) is 1.67. The SMILES string of the molecule is Cc1oc(C(=O)O)cc1S(=O)(=O)NCCCCOC(C)C. The average molecular weight is 319 g/mol. The van der Waals surface area contributed by atoms with Crippen molar-refractivity contribution >= 4 is 16.0 Å². The lowest BCUT2D eigenvalue weighted by molar-refractivity contribution is 0.0660. The number of aryl methyl sites for hydroxylation is 1. The molecule has 0 aromatic carbocycles. The van der Waals surface area contributed by atoms with E-state index in [1.807, 2.05) is 13.8 Å². The highest BCUT2D eigenvalue weighted by Crippen LogP contribution is 2.19. The Morgan fingerprint density at radius 3 is 2.62 bits per heavy atom. The zero-order chi connectivity index (χ0) is 16.0. The van der Waals surface area contributed by atoms with Crippen LogP contribution in [-0.4, -0.2) is 38.7 Å². The van der Waals surface area contributed by atoms with Crippen LogP contribution in [0.2, 0.25) is 0 Å². The summed E-state index contributed by atoms with van der Waals surface area (Å²) in [4.78, 5) is 10.6. The van der Waals surface area contributed by atoms with Crippen LogP contribution in [0.3, 0.4) is 0 Å². The molecule has 1 aromatic heterocycles. The quantitative estimate of drug-likeness (QED) is 0.672. The molecule has 0 unspecified atom stereocenters. The average Bonchev–Trinajstić information content (AvgIpc) is 2.76. The normalized spacial score (nSPS) is 12.0. The van der Waals surface area contributed by atoms with Crippen molar-refractivity contribution in [3.05, 3.63) is 17.6 Å². The number of unbranched alkanes of at least 4 members (excludes halogenated alkanes) is 1. The van der Waals surface area contributed by atoms with Gasteiger partial charge in [-0.05, 0) is 33.6 Å². The Kier molecular flexibility index (Phi) is 6.38. The molecule has 8 heteroatoms. The van der Waals surface area contributed by atoms with Crippen LogP contribution >= 0.6 is 0 Å². The van der Waals surface area contributed by atoms with Gasteiger partial charge in [-0.2, -0.15) is 0 Å². The lowest BCUT2D eigenvalue weighted by Gasteiger charge is -2.08. The zero-order valence-corrected chi connectivity index (χ0v) is 13.2. The maximum Gasteiger partial charge on any atom is 0.371 e. The summed E-state index contributed by atoms with van der Waals surface area (Å²) in [6.45, 7) is 6.12.